The van der Waals surface area contributed by atoms with Gasteiger partial charge in [0.1, 0.15) is 0 Å². The second-order valence-corrected chi connectivity index (χ2v) is 6.99. The zero-order valence-corrected chi connectivity index (χ0v) is 14.7. The molecule has 19 heavy (non-hydrogen) atoms. The van der Waals surface area contributed by atoms with Gasteiger partial charge in [0.25, 0.3) is 0 Å². The van der Waals surface area contributed by atoms with Crippen LogP contribution in [-0.2, 0) is 0 Å². The molecule has 0 saturated heterocycles. The molecule has 0 nitrogen and oxygen atoms in total. The minimum Gasteiger partial charge on any atom is -0.0843 e. The van der Waals surface area contributed by atoms with Crippen LogP contribution in [0.1, 0.15) is 68.7 Å². The summed E-state index contributed by atoms with van der Waals surface area (Å²) in [4.78, 5) is 0.314. The van der Waals surface area contributed by atoms with Gasteiger partial charge in [-0.15, -0.1) is 0 Å². The zero-order valence-electron chi connectivity index (χ0n) is 11.6. The minimum atomic E-state index is 0.314. The molecule has 0 N–H and O–H groups in total. The molecule has 108 valence electrons. The number of benzene rings is 1. The summed E-state index contributed by atoms with van der Waals surface area (Å²) in [5.74, 6) is 0. The van der Waals surface area contributed by atoms with E-state index in [-0.39, 0.29) is 0 Å². The number of halogens is 3. The molecular formula is C16H23BrCl2. The van der Waals surface area contributed by atoms with Gasteiger partial charge in [-0.2, -0.15) is 0 Å². The van der Waals surface area contributed by atoms with Crippen LogP contribution in [0.4, 0.5) is 0 Å². The van der Waals surface area contributed by atoms with Gasteiger partial charge in [0.05, 0.1) is 0 Å². The summed E-state index contributed by atoms with van der Waals surface area (Å²) in [5.41, 5.74) is 1.11. The summed E-state index contributed by atoms with van der Waals surface area (Å²) < 4.78 is 0. The van der Waals surface area contributed by atoms with E-state index in [0.717, 1.165) is 22.0 Å². The molecule has 0 heterocycles. The fourth-order valence-electron chi connectivity index (χ4n) is 2.19. The Morgan fingerprint density at radius 3 is 2.32 bits per heavy atom. The number of unbranched alkanes of at least 4 members (excludes halogenated alkanes) is 6. The Kier molecular flexibility index (Phi) is 9.19. The third-order valence-electron chi connectivity index (χ3n) is 3.36. The van der Waals surface area contributed by atoms with Crippen LogP contribution < -0.4 is 0 Å². The van der Waals surface area contributed by atoms with Crippen molar-refractivity contribution in [1.29, 1.82) is 0 Å². The Hall–Kier alpha value is 0.280. The lowest BCUT2D eigenvalue weighted by Crippen LogP contribution is -1.92. The van der Waals surface area contributed by atoms with Gasteiger partial charge in [-0.25, -0.2) is 0 Å². The van der Waals surface area contributed by atoms with Crippen LogP contribution >= 0.6 is 39.1 Å². The molecule has 1 aromatic carbocycles. The number of alkyl halides is 1. The molecule has 0 aliphatic rings. The molecule has 0 aromatic heterocycles. The van der Waals surface area contributed by atoms with E-state index in [2.05, 4.69) is 22.9 Å². The van der Waals surface area contributed by atoms with Crippen molar-refractivity contribution in [3.05, 3.63) is 33.8 Å². The molecule has 1 unspecified atom stereocenters. The van der Waals surface area contributed by atoms with Crippen molar-refractivity contribution in [2.75, 3.05) is 0 Å². The first-order valence-electron chi connectivity index (χ1n) is 7.24. The van der Waals surface area contributed by atoms with Gasteiger partial charge in [0, 0.05) is 14.9 Å². The van der Waals surface area contributed by atoms with Crippen molar-refractivity contribution < 1.29 is 0 Å². The summed E-state index contributed by atoms with van der Waals surface area (Å²) in [6, 6.07) is 5.67. The third kappa shape index (κ3) is 7.02. The van der Waals surface area contributed by atoms with Crippen LogP contribution in [0.15, 0.2) is 18.2 Å². The van der Waals surface area contributed by atoms with E-state index in [4.69, 9.17) is 23.2 Å². The van der Waals surface area contributed by atoms with Crippen LogP contribution in [-0.4, -0.2) is 0 Å². The van der Waals surface area contributed by atoms with Gasteiger partial charge >= 0.3 is 0 Å². The minimum absolute atomic E-state index is 0.314. The van der Waals surface area contributed by atoms with Crippen molar-refractivity contribution in [3.8, 4) is 0 Å². The monoisotopic (exact) mass is 364 g/mol. The molecule has 0 bridgehead atoms. The van der Waals surface area contributed by atoms with E-state index in [1.165, 1.54) is 44.9 Å². The molecular weight excluding hydrogens is 343 g/mol. The maximum absolute atomic E-state index is 6.20. The fraction of sp³-hybridized carbons (Fsp3) is 0.625. The molecule has 3 heteroatoms. The predicted octanol–water partition coefficient (Wildman–Crippen LogP) is 7.57. The van der Waals surface area contributed by atoms with Gasteiger partial charge in [0.15, 0.2) is 0 Å². The summed E-state index contributed by atoms with van der Waals surface area (Å²) in [5, 5.41) is 1.55. The molecule has 0 fully saturated rings. The molecule has 0 saturated carbocycles. The highest BCUT2D eigenvalue weighted by atomic mass is 79.9. The van der Waals surface area contributed by atoms with Crippen LogP contribution in [0.3, 0.4) is 0 Å². The lowest BCUT2D eigenvalue weighted by molar-refractivity contribution is 0.574. The highest BCUT2D eigenvalue weighted by Gasteiger charge is 2.11. The Labute approximate surface area is 136 Å². The molecule has 1 atom stereocenters. The quantitative estimate of drug-likeness (QED) is 0.312. The SMILES string of the molecule is CCCCCCCCCC(Br)c1cc(Cl)ccc1Cl. The molecule has 0 spiro atoms. The Balaban J connectivity index is 2.23. The average Bonchev–Trinajstić information content (AvgIpc) is 2.40. The third-order valence-corrected chi connectivity index (χ3v) is 4.89. The second-order valence-electron chi connectivity index (χ2n) is 5.04. The highest BCUT2D eigenvalue weighted by Crippen LogP contribution is 2.35. The first kappa shape index (κ1) is 17.3. The summed E-state index contributed by atoms with van der Waals surface area (Å²) >= 11 is 15.9. The van der Waals surface area contributed by atoms with Crippen molar-refractivity contribution in [2.45, 2.75) is 63.1 Å². The summed E-state index contributed by atoms with van der Waals surface area (Å²) in [6.45, 7) is 2.25. The maximum Gasteiger partial charge on any atom is 0.0450 e. The van der Waals surface area contributed by atoms with E-state index >= 15 is 0 Å². The molecule has 1 rings (SSSR count). The second kappa shape index (κ2) is 10.1. The van der Waals surface area contributed by atoms with Crippen LogP contribution in [0.2, 0.25) is 10.0 Å². The zero-order chi connectivity index (χ0) is 14.1. The molecule has 0 aliphatic carbocycles. The van der Waals surface area contributed by atoms with Crippen molar-refractivity contribution in [1.82, 2.24) is 0 Å². The highest BCUT2D eigenvalue weighted by molar-refractivity contribution is 9.09. The van der Waals surface area contributed by atoms with E-state index in [9.17, 15) is 0 Å². The van der Waals surface area contributed by atoms with Crippen LogP contribution in [0.25, 0.3) is 0 Å². The smallest absolute Gasteiger partial charge is 0.0450 e. The van der Waals surface area contributed by atoms with Gasteiger partial charge in [-0.3, -0.25) is 0 Å². The Morgan fingerprint density at radius 2 is 1.63 bits per heavy atom. The van der Waals surface area contributed by atoms with Gasteiger partial charge in [-0.1, -0.05) is 91.0 Å². The predicted molar refractivity (Wildman–Crippen MR) is 90.7 cm³/mol. The summed E-state index contributed by atoms with van der Waals surface area (Å²) in [6.07, 6.45) is 10.5. The Bertz CT molecular complexity index is 366. The molecule has 1 aromatic rings. The number of hydrogen-bond acceptors (Lipinski definition) is 0. The number of rotatable bonds is 9. The van der Waals surface area contributed by atoms with Gasteiger partial charge < -0.3 is 0 Å². The largest absolute Gasteiger partial charge is 0.0843 e. The molecule has 0 radical (unpaired) electrons. The molecule has 0 aliphatic heterocycles. The fourth-order valence-corrected chi connectivity index (χ4v) is 3.45. The Morgan fingerprint density at radius 1 is 1.00 bits per heavy atom. The van der Waals surface area contributed by atoms with Crippen molar-refractivity contribution in [3.63, 3.8) is 0 Å². The maximum atomic E-state index is 6.20. The van der Waals surface area contributed by atoms with Crippen LogP contribution in [0, 0.1) is 0 Å². The normalized spacial score (nSPS) is 12.6. The lowest BCUT2D eigenvalue weighted by Gasteiger charge is -2.12. The van der Waals surface area contributed by atoms with E-state index in [1.54, 1.807) is 0 Å². The molecule has 0 amide bonds. The van der Waals surface area contributed by atoms with Gasteiger partial charge in [-0.05, 0) is 30.2 Å². The van der Waals surface area contributed by atoms with Crippen molar-refractivity contribution in [2.24, 2.45) is 0 Å². The van der Waals surface area contributed by atoms with Crippen LogP contribution in [0.5, 0.6) is 0 Å². The van der Waals surface area contributed by atoms with Crippen molar-refractivity contribution >= 4 is 39.1 Å². The van der Waals surface area contributed by atoms with E-state index in [0.29, 0.717) is 4.83 Å². The number of hydrogen-bond donors (Lipinski definition) is 0. The van der Waals surface area contributed by atoms with E-state index < -0.39 is 0 Å². The lowest BCUT2D eigenvalue weighted by atomic mass is 10.0. The van der Waals surface area contributed by atoms with E-state index in [1.807, 2.05) is 18.2 Å². The average molecular weight is 366 g/mol. The first-order chi connectivity index (χ1) is 9.15. The summed E-state index contributed by atoms with van der Waals surface area (Å²) in [7, 11) is 0. The standard InChI is InChI=1S/C16H23BrCl2/c1-2-3-4-5-6-7-8-9-15(17)14-12-13(18)10-11-16(14)19/h10-12,15H,2-9H2,1H3. The van der Waals surface area contributed by atoms with Gasteiger partial charge in [0.2, 0.25) is 0 Å². The topological polar surface area (TPSA) is 0 Å². The first-order valence-corrected chi connectivity index (χ1v) is 8.91.